The third-order valence-corrected chi connectivity index (χ3v) is 3.59. The molecule has 2 atom stereocenters. The normalized spacial score (nSPS) is 21.7. The van der Waals surface area contributed by atoms with Gasteiger partial charge >= 0.3 is 0 Å². The summed E-state index contributed by atoms with van der Waals surface area (Å²) in [6.07, 6.45) is 0.315. The van der Waals surface area contributed by atoms with E-state index in [0.29, 0.717) is 11.4 Å². The first-order valence-electron chi connectivity index (χ1n) is 6.02. The fourth-order valence-corrected chi connectivity index (χ4v) is 2.70. The van der Waals surface area contributed by atoms with Crippen molar-refractivity contribution in [3.8, 4) is 0 Å². The fraction of sp³-hybridized carbons (Fsp3) is 0.200. The maximum absolute atomic E-state index is 10.1. The minimum Gasteiger partial charge on any atom is -0.390 e. The van der Waals surface area contributed by atoms with Crippen LogP contribution in [0.3, 0.4) is 0 Å². The standard InChI is InChI=1S/C15H14ClNO/c16-11-5-3-6-12(9-11)17-15-13-7-2-1-4-10(13)8-14(15)18/h1-7,9,14-15,17-18H,8H2/t14-,15?/m1/s1. The van der Waals surface area contributed by atoms with Gasteiger partial charge in [-0.15, -0.1) is 0 Å². The molecule has 3 heteroatoms. The molecule has 0 radical (unpaired) electrons. The Labute approximate surface area is 111 Å². The third-order valence-electron chi connectivity index (χ3n) is 3.35. The first-order valence-corrected chi connectivity index (χ1v) is 6.40. The molecule has 0 spiro atoms. The van der Waals surface area contributed by atoms with Gasteiger partial charge in [-0.2, -0.15) is 0 Å². The Morgan fingerprint density at radius 1 is 1.11 bits per heavy atom. The van der Waals surface area contributed by atoms with Crippen LogP contribution in [0.15, 0.2) is 48.5 Å². The fourth-order valence-electron chi connectivity index (χ4n) is 2.51. The predicted octanol–water partition coefficient (Wildman–Crippen LogP) is 3.41. The van der Waals surface area contributed by atoms with E-state index in [-0.39, 0.29) is 12.1 Å². The molecule has 3 rings (SSSR count). The zero-order valence-electron chi connectivity index (χ0n) is 9.81. The molecule has 2 N–H and O–H groups in total. The van der Waals surface area contributed by atoms with Crippen LogP contribution < -0.4 is 5.32 Å². The van der Waals surface area contributed by atoms with E-state index >= 15 is 0 Å². The molecule has 1 aliphatic rings. The van der Waals surface area contributed by atoms with Gasteiger partial charge in [-0.25, -0.2) is 0 Å². The van der Waals surface area contributed by atoms with E-state index in [9.17, 15) is 5.11 Å². The number of rotatable bonds is 2. The maximum atomic E-state index is 10.1. The number of hydrogen-bond donors (Lipinski definition) is 2. The number of benzene rings is 2. The Balaban J connectivity index is 1.89. The second-order valence-electron chi connectivity index (χ2n) is 4.60. The number of hydrogen-bond acceptors (Lipinski definition) is 2. The van der Waals surface area contributed by atoms with Gasteiger partial charge in [0.05, 0.1) is 12.1 Å². The van der Waals surface area contributed by atoms with Crippen molar-refractivity contribution in [3.05, 3.63) is 64.7 Å². The highest BCUT2D eigenvalue weighted by molar-refractivity contribution is 6.30. The van der Waals surface area contributed by atoms with Crippen molar-refractivity contribution >= 4 is 17.3 Å². The van der Waals surface area contributed by atoms with E-state index in [0.717, 1.165) is 5.69 Å². The topological polar surface area (TPSA) is 32.3 Å². The van der Waals surface area contributed by atoms with Crippen LogP contribution in [0.4, 0.5) is 5.69 Å². The molecule has 1 aliphatic carbocycles. The summed E-state index contributed by atoms with van der Waals surface area (Å²) in [5.41, 5.74) is 3.32. The van der Waals surface area contributed by atoms with Gasteiger partial charge in [0.25, 0.3) is 0 Å². The highest BCUT2D eigenvalue weighted by atomic mass is 35.5. The molecule has 0 bridgehead atoms. The molecule has 0 aliphatic heterocycles. The van der Waals surface area contributed by atoms with Crippen LogP contribution >= 0.6 is 11.6 Å². The van der Waals surface area contributed by atoms with Gasteiger partial charge in [0.15, 0.2) is 0 Å². The van der Waals surface area contributed by atoms with Gasteiger partial charge in [-0.05, 0) is 29.3 Å². The lowest BCUT2D eigenvalue weighted by Crippen LogP contribution is -2.21. The molecule has 0 aromatic heterocycles. The number of nitrogens with one attached hydrogen (secondary N) is 1. The number of anilines is 1. The Bertz CT molecular complexity index is 570. The quantitative estimate of drug-likeness (QED) is 0.866. The molecule has 2 aromatic carbocycles. The first-order chi connectivity index (χ1) is 8.74. The highest BCUT2D eigenvalue weighted by Crippen LogP contribution is 2.34. The monoisotopic (exact) mass is 259 g/mol. The SMILES string of the molecule is O[C@@H]1Cc2ccccc2C1Nc1cccc(Cl)c1. The molecular weight excluding hydrogens is 246 g/mol. The van der Waals surface area contributed by atoms with Gasteiger partial charge in [-0.3, -0.25) is 0 Å². The molecule has 18 heavy (non-hydrogen) atoms. The Morgan fingerprint density at radius 3 is 2.78 bits per heavy atom. The number of halogens is 1. The molecule has 0 saturated heterocycles. The third kappa shape index (κ3) is 2.09. The van der Waals surface area contributed by atoms with Crippen LogP contribution in [-0.2, 0) is 6.42 Å². The minimum atomic E-state index is -0.388. The Kier molecular flexibility index (Phi) is 2.98. The predicted molar refractivity (Wildman–Crippen MR) is 74.0 cm³/mol. The second-order valence-corrected chi connectivity index (χ2v) is 5.04. The average Bonchev–Trinajstić information content (AvgIpc) is 2.66. The summed E-state index contributed by atoms with van der Waals surface area (Å²) >= 11 is 5.96. The molecule has 0 fully saturated rings. The van der Waals surface area contributed by atoms with Gasteiger partial charge in [-0.1, -0.05) is 41.9 Å². The minimum absolute atomic E-state index is 0.0559. The zero-order chi connectivity index (χ0) is 12.5. The lowest BCUT2D eigenvalue weighted by molar-refractivity contribution is 0.166. The van der Waals surface area contributed by atoms with Crippen molar-refractivity contribution in [2.45, 2.75) is 18.6 Å². The maximum Gasteiger partial charge on any atom is 0.0823 e. The largest absolute Gasteiger partial charge is 0.390 e. The Hall–Kier alpha value is -1.51. The van der Waals surface area contributed by atoms with Crippen LogP contribution in [0.5, 0.6) is 0 Å². The van der Waals surface area contributed by atoms with Gasteiger partial charge in [0.1, 0.15) is 0 Å². The molecule has 0 amide bonds. The molecular formula is C15H14ClNO. The van der Waals surface area contributed by atoms with Crippen LogP contribution in [0, 0.1) is 0 Å². The summed E-state index contributed by atoms with van der Waals surface area (Å²) in [6.45, 7) is 0. The van der Waals surface area contributed by atoms with E-state index in [1.165, 1.54) is 11.1 Å². The van der Waals surface area contributed by atoms with E-state index in [1.807, 2.05) is 36.4 Å². The summed E-state index contributed by atoms with van der Waals surface area (Å²) in [7, 11) is 0. The first kappa shape index (κ1) is 11.6. The van der Waals surface area contributed by atoms with Gasteiger partial charge < -0.3 is 10.4 Å². The average molecular weight is 260 g/mol. The number of aliphatic hydroxyl groups is 1. The van der Waals surface area contributed by atoms with E-state index in [1.54, 1.807) is 0 Å². The summed E-state index contributed by atoms with van der Waals surface area (Å²) in [5.74, 6) is 0. The van der Waals surface area contributed by atoms with Gasteiger partial charge in [0.2, 0.25) is 0 Å². The molecule has 92 valence electrons. The molecule has 0 saturated carbocycles. The van der Waals surface area contributed by atoms with Crippen molar-refractivity contribution in [2.75, 3.05) is 5.32 Å². The number of aliphatic hydroxyl groups excluding tert-OH is 1. The van der Waals surface area contributed by atoms with Crippen LogP contribution in [0.1, 0.15) is 17.2 Å². The van der Waals surface area contributed by atoms with Crippen LogP contribution in [0.25, 0.3) is 0 Å². The summed E-state index contributed by atoms with van der Waals surface area (Å²) in [5, 5.41) is 14.2. The van der Waals surface area contributed by atoms with Crippen molar-refractivity contribution in [3.63, 3.8) is 0 Å². The molecule has 0 heterocycles. The smallest absolute Gasteiger partial charge is 0.0823 e. The summed E-state index contributed by atoms with van der Waals surface area (Å²) < 4.78 is 0. The molecule has 1 unspecified atom stereocenters. The van der Waals surface area contributed by atoms with E-state index in [4.69, 9.17) is 11.6 Å². The lowest BCUT2D eigenvalue weighted by atomic mass is 10.1. The molecule has 2 aromatic rings. The Morgan fingerprint density at radius 2 is 1.94 bits per heavy atom. The number of fused-ring (bicyclic) bond motifs is 1. The van der Waals surface area contributed by atoms with Crippen molar-refractivity contribution in [2.24, 2.45) is 0 Å². The van der Waals surface area contributed by atoms with E-state index < -0.39 is 0 Å². The lowest BCUT2D eigenvalue weighted by Gasteiger charge is -2.19. The van der Waals surface area contributed by atoms with Crippen LogP contribution in [-0.4, -0.2) is 11.2 Å². The van der Waals surface area contributed by atoms with Gasteiger partial charge in [0, 0.05) is 17.1 Å². The molecule has 2 nitrogen and oxygen atoms in total. The van der Waals surface area contributed by atoms with Crippen molar-refractivity contribution in [1.29, 1.82) is 0 Å². The summed E-state index contributed by atoms with van der Waals surface area (Å²) in [4.78, 5) is 0. The summed E-state index contributed by atoms with van der Waals surface area (Å²) in [6, 6.07) is 15.7. The van der Waals surface area contributed by atoms with Crippen LogP contribution in [0.2, 0.25) is 5.02 Å². The van der Waals surface area contributed by atoms with E-state index in [2.05, 4.69) is 17.4 Å². The second kappa shape index (κ2) is 4.63. The van der Waals surface area contributed by atoms with Crippen molar-refractivity contribution in [1.82, 2.24) is 0 Å². The van der Waals surface area contributed by atoms with Crippen molar-refractivity contribution < 1.29 is 5.11 Å². The highest BCUT2D eigenvalue weighted by Gasteiger charge is 2.30. The zero-order valence-corrected chi connectivity index (χ0v) is 10.6.